The molecule has 2 aromatic carbocycles. The summed E-state index contributed by atoms with van der Waals surface area (Å²) < 4.78 is 14.8. The molecule has 1 aromatic heterocycles. The van der Waals surface area contributed by atoms with Gasteiger partial charge in [-0.15, -0.1) is 0 Å². The number of halogens is 1. The Morgan fingerprint density at radius 1 is 1.20 bits per heavy atom. The summed E-state index contributed by atoms with van der Waals surface area (Å²) in [6.45, 7) is 0.292. The second-order valence-corrected chi connectivity index (χ2v) is 5.66. The number of aliphatic hydroxyl groups is 1. The number of rotatable bonds is 6. The van der Waals surface area contributed by atoms with Gasteiger partial charge in [-0.3, -0.25) is 9.48 Å². The van der Waals surface area contributed by atoms with Gasteiger partial charge >= 0.3 is 0 Å². The van der Waals surface area contributed by atoms with E-state index >= 15 is 0 Å². The van der Waals surface area contributed by atoms with Gasteiger partial charge in [-0.2, -0.15) is 5.10 Å². The molecule has 0 aliphatic heterocycles. The number of nitrogens with zero attached hydrogens (tertiary/aromatic N) is 2. The summed E-state index contributed by atoms with van der Waals surface area (Å²) in [6, 6.07) is 14.2. The monoisotopic (exact) mass is 339 g/mol. The third-order valence-electron chi connectivity index (χ3n) is 3.85. The van der Waals surface area contributed by atoms with Crippen molar-refractivity contribution in [3.05, 3.63) is 89.5 Å². The van der Waals surface area contributed by atoms with Crippen LogP contribution < -0.4 is 5.32 Å². The van der Waals surface area contributed by atoms with Crippen LogP contribution in [0.3, 0.4) is 0 Å². The van der Waals surface area contributed by atoms with Crippen LogP contribution in [0.5, 0.6) is 0 Å². The molecule has 0 aliphatic rings. The average Bonchev–Trinajstić information content (AvgIpc) is 3.13. The van der Waals surface area contributed by atoms with Gasteiger partial charge in [-0.05, 0) is 41.5 Å². The molecule has 0 saturated carbocycles. The van der Waals surface area contributed by atoms with Crippen molar-refractivity contribution >= 4 is 5.91 Å². The van der Waals surface area contributed by atoms with Crippen LogP contribution in [0.1, 0.15) is 27.5 Å². The maximum atomic E-state index is 13.0. The second-order valence-electron chi connectivity index (χ2n) is 5.66. The molecule has 1 unspecified atom stereocenters. The van der Waals surface area contributed by atoms with Crippen LogP contribution in [0.2, 0.25) is 0 Å². The molecule has 0 radical (unpaired) electrons. The predicted molar refractivity (Wildman–Crippen MR) is 91.5 cm³/mol. The Balaban J connectivity index is 1.72. The molecular formula is C19H18FN3O2. The number of amides is 1. The van der Waals surface area contributed by atoms with Crippen molar-refractivity contribution in [3.8, 4) is 0 Å². The molecule has 1 atom stereocenters. The van der Waals surface area contributed by atoms with Crippen molar-refractivity contribution in [2.75, 3.05) is 6.61 Å². The fraction of sp³-hybridized carbons (Fsp3) is 0.158. The van der Waals surface area contributed by atoms with Crippen LogP contribution in [-0.2, 0) is 6.54 Å². The van der Waals surface area contributed by atoms with Crippen molar-refractivity contribution in [2.45, 2.75) is 12.6 Å². The molecule has 0 aliphatic carbocycles. The number of aliphatic hydroxyl groups excluding tert-OH is 1. The van der Waals surface area contributed by atoms with Gasteiger partial charge in [-0.1, -0.05) is 24.3 Å². The zero-order valence-electron chi connectivity index (χ0n) is 13.5. The van der Waals surface area contributed by atoms with E-state index in [4.69, 9.17) is 0 Å². The number of nitrogens with one attached hydrogen (secondary N) is 1. The summed E-state index contributed by atoms with van der Waals surface area (Å²) in [7, 11) is 0. The summed E-state index contributed by atoms with van der Waals surface area (Å²) in [5.41, 5.74) is 2.08. The summed E-state index contributed by atoms with van der Waals surface area (Å²) in [4.78, 5) is 12.5. The summed E-state index contributed by atoms with van der Waals surface area (Å²) in [5, 5.41) is 16.5. The molecule has 3 rings (SSSR count). The lowest BCUT2D eigenvalue weighted by molar-refractivity contribution is 0.0916. The molecule has 5 nitrogen and oxygen atoms in total. The molecule has 25 heavy (non-hydrogen) atoms. The van der Waals surface area contributed by atoms with Gasteiger partial charge in [0.15, 0.2) is 0 Å². The average molecular weight is 339 g/mol. The third kappa shape index (κ3) is 4.30. The molecule has 0 spiro atoms. The van der Waals surface area contributed by atoms with Crippen molar-refractivity contribution in [2.24, 2.45) is 0 Å². The largest absolute Gasteiger partial charge is 0.394 e. The Labute approximate surface area is 144 Å². The highest BCUT2D eigenvalue weighted by Crippen LogP contribution is 2.15. The van der Waals surface area contributed by atoms with Crippen LogP contribution in [-0.4, -0.2) is 27.4 Å². The van der Waals surface area contributed by atoms with Crippen LogP contribution in [0.15, 0.2) is 67.0 Å². The molecule has 3 aromatic rings. The summed E-state index contributed by atoms with van der Waals surface area (Å²) >= 11 is 0. The maximum absolute atomic E-state index is 13.0. The van der Waals surface area contributed by atoms with E-state index in [9.17, 15) is 14.3 Å². The normalized spacial score (nSPS) is 11.9. The molecule has 128 valence electrons. The summed E-state index contributed by atoms with van der Waals surface area (Å²) in [6.07, 6.45) is 3.55. The number of aromatic nitrogens is 2. The van der Waals surface area contributed by atoms with Gasteiger partial charge in [-0.25, -0.2) is 4.39 Å². The van der Waals surface area contributed by atoms with E-state index in [1.807, 2.05) is 18.3 Å². The zero-order valence-corrected chi connectivity index (χ0v) is 13.5. The highest BCUT2D eigenvalue weighted by molar-refractivity contribution is 5.94. The number of hydrogen-bond donors (Lipinski definition) is 2. The smallest absolute Gasteiger partial charge is 0.251 e. The van der Waals surface area contributed by atoms with Crippen molar-refractivity contribution in [3.63, 3.8) is 0 Å². The number of carbonyl (C=O) groups is 1. The third-order valence-corrected chi connectivity index (χ3v) is 3.85. The van der Waals surface area contributed by atoms with Crippen molar-refractivity contribution < 1.29 is 14.3 Å². The van der Waals surface area contributed by atoms with E-state index < -0.39 is 6.04 Å². The molecule has 6 heteroatoms. The van der Waals surface area contributed by atoms with Gasteiger partial charge in [0, 0.05) is 18.0 Å². The first-order chi connectivity index (χ1) is 12.2. The summed E-state index contributed by atoms with van der Waals surface area (Å²) in [5.74, 6) is -0.663. The minimum absolute atomic E-state index is 0.273. The van der Waals surface area contributed by atoms with E-state index in [0.29, 0.717) is 17.7 Å². The standard InChI is InChI=1S/C19H18FN3O2/c20-17-7-5-15(6-8-17)18(13-24)22-19(25)16-4-1-3-14(11-16)12-23-10-2-9-21-23/h1-11,18,24H,12-13H2,(H,22,25). The lowest BCUT2D eigenvalue weighted by atomic mass is 10.1. The molecular weight excluding hydrogens is 321 g/mol. The first kappa shape index (κ1) is 16.9. The van der Waals surface area contributed by atoms with Gasteiger partial charge in [0.2, 0.25) is 0 Å². The van der Waals surface area contributed by atoms with Crippen LogP contribution in [0.25, 0.3) is 0 Å². The molecule has 2 N–H and O–H groups in total. The minimum atomic E-state index is -0.595. The lowest BCUT2D eigenvalue weighted by Gasteiger charge is -2.17. The van der Waals surface area contributed by atoms with Crippen LogP contribution in [0, 0.1) is 5.82 Å². The Morgan fingerprint density at radius 2 is 2.00 bits per heavy atom. The Hall–Kier alpha value is -2.99. The van der Waals surface area contributed by atoms with Gasteiger partial charge in [0.05, 0.1) is 19.2 Å². The van der Waals surface area contributed by atoms with Gasteiger partial charge in [0.25, 0.3) is 5.91 Å². The number of carbonyl (C=O) groups excluding carboxylic acids is 1. The fourth-order valence-corrected chi connectivity index (χ4v) is 2.56. The molecule has 0 bridgehead atoms. The fourth-order valence-electron chi connectivity index (χ4n) is 2.56. The number of hydrogen-bond acceptors (Lipinski definition) is 3. The van der Waals surface area contributed by atoms with E-state index in [-0.39, 0.29) is 18.3 Å². The van der Waals surface area contributed by atoms with Crippen molar-refractivity contribution in [1.29, 1.82) is 0 Å². The molecule has 1 amide bonds. The highest BCUT2D eigenvalue weighted by Gasteiger charge is 2.15. The lowest BCUT2D eigenvalue weighted by Crippen LogP contribution is -2.30. The van der Waals surface area contributed by atoms with E-state index in [2.05, 4.69) is 10.4 Å². The highest BCUT2D eigenvalue weighted by atomic mass is 19.1. The first-order valence-electron chi connectivity index (χ1n) is 7.89. The minimum Gasteiger partial charge on any atom is -0.394 e. The predicted octanol–water partition coefficient (Wildman–Crippen LogP) is 2.53. The molecule has 0 saturated heterocycles. The Morgan fingerprint density at radius 3 is 2.68 bits per heavy atom. The van der Waals surface area contributed by atoms with Crippen LogP contribution in [0.4, 0.5) is 4.39 Å². The second kappa shape index (κ2) is 7.72. The van der Waals surface area contributed by atoms with E-state index in [1.54, 1.807) is 41.2 Å². The van der Waals surface area contributed by atoms with E-state index in [0.717, 1.165) is 5.56 Å². The first-order valence-corrected chi connectivity index (χ1v) is 7.89. The van der Waals surface area contributed by atoms with Gasteiger partial charge in [0.1, 0.15) is 5.82 Å². The zero-order chi connectivity index (χ0) is 17.6. The van der Waals surface area contributed by atoms with E-state index in [1.165, 1.54) is 12.1 Å². The maximum Gasteiger partial charge on any atom is 0.251 e. The molecule has 1 heterocycles. The quantitative estimate of drug-likeness (QED) is 0.725. The Bertz CT molecular complexity index is 832. The van der Waals surface area contributed by atoms with Crippen molar-refractivity contribution in [1.82, 2.24) is 15.1 Å². The molecule has 0 fully saturated rings. The van der Waals surface area contributed by atoms with Crippen LogP contribution >= 0.6 is 0 Å². The Kier molecular flexibility index (Phi) is 5.20. The SMILES string of the molecule is O=C(NC(CO)c1ccc(F)cc1)c1cccc(Cn2cccn2)c1. The number of benzene rings is 2. The topological polar surface area (TPSA) is 67.2 Å². The van der Waals surface area contributed by atoms with Gasteiger partial charge < -0.3 is 10.4 Å².